The van der Waals surface area contributed by atoms with E-state index in [1.54, 1.807) is 24.2 Å². The first-order valence-electron chi connectivity index (χ1n) is 6.73. The highest BCUT2D eigenvalue weighted by Crippen LogP contribution is 2.30. The Morgan fingerprint density at radius 3 is 2.95 bits per heavy atom. The van der Waals surface area contributed by atoms with Gasteiger partial charge >= 0.3 is 0 Å². The topological polar surface area (TPSA) is 42.0 Å². The van der Waals surface area contributed by atoms with Crippen molar-refractivity contribution in [3.8, 4) is 0 Å². The van der Waals surface area contributed by atoms with Gasteiger partial charge in [-0.2, -0.15) is 11.8 Å². The van der Waals surface area contributed by atoms with Gasteiger partial charge in [0.1, 0.15) is 0 Å². The van der Waals surface area contributed by atoms with Crippen LogP contribution in [0.25, 0.3) is 0 Å². The highest BCUT2D eigenvalue weighted by Gasteiger charge is 2.28. The van der Waals surface area contributed by atoms with Gasteiger partial charge < -0.3 is 5.32 Å². The van der Waals surface area contributed by atoms with E-state index < -0.39 is 0 Å². The number of hydrogen-bond donors (Lipinski definition) is 1. The summed E-state index contributed by atoms with van der Waals surface area (Å²) in [6, 6.07) is 4.24. The van der Waals surface area contributed by atoms with E-state index >= 15 is 0 Å². The van der Waals surface area contributed by atoms with E-state index in [9.17, 15) is 4.79 Å². The molecule has 0 saturated heterocycles. The zero-order valence-corrected chi connectivity index (χ0v) is 12.8. The van der Waals surface area contributed by atoms with Crippen molar-refractivity contribution < 1.29 is 4.79 Å². The van der Waals surface area contributed by atoms with Crippen molar-refractivity contribution >= 4 is 29.4 Å². The third kappa shape index (κ3) is 4.73. The van der Waals surface area contributed by atoms with E-state index in [0.717, 1.165) is 17.1 Å². The molecule has 1 N–H and O–H groups in total. The Balaban J connectivity index is 1.75. The predicted molar refractivity (Wildman–Crippen MR) is 82.7 cm³/mol. The molecule has 1 aromatic rings. The molecule has 1 amide bonds. The molecule has 2 rings (SSSR count). The van der Waals surface area contributed by atoms with Crippen molar-refractivity contribution in [1.82, 2.24) is 10.3 Å². The Kier molecular flexibility index (Phi) is 6.04. The smallest absolute Gasteiger partial charge is 0.230 e. The molecule has 19 heavy (non-hydrogen) atoms. The molecule has 1 aliphatic carbocycles. The molecular formula is C14H20N2OS2. The van der Waals surface area contributed by atoms with Crippen molar-refractivity contribution in [2.24, 2.45) is 0 Å². The molecule has 1 heterocycles. The first kappa shape index (κ1) is 14.7. The summed E-state index contributed by atoms with van der Waals surface area (Å²) >= 11 is 3.54. The number of carbonyl (C=O) groups is 1. The number of rotatable bonds is 6. The van der Waals surface area contributed by atoms with E-state index in [1.165, 1.54) is 12.8 Å². The average molecular weight is 296 g/mol. The number of carbonyl (C=O) groups excluding carboxylic acids is 1. The molecule has 2 atom stereocenters. The van der Waals surface area contributed by atoms with Crippen LogP contribution in [0.5, 0.6) is 0 Å². The van der Waals surface area contributed by atoms with Gasteiger partial charge in [-0.3, -0.25) is 9.78 Å². The van der Waals surface area contributed by atoms with E-state index in [4.69, 9.17) is 0 Å². The minimum Gasteiger partial charge on any atom is -0.352 e. The van der Waals surface area contributed by atoms with Crippen molar-refractivity contribution in [3.05, 3.63) is 24.5 Å². The number of amides is 1. The molecule has 0 radical (unpaired) electrons. The van der Waals surface area contributed by atoms with E-state index in [2.05, 4.69) is 17.2 Å². The summed E-state index contributed by atoms with van der Waals surface area (Å²) in [6.07, 6.45) is 7.11. The van der Waals surface area contributed by atoms with Crippen LogP contribution in [0.15, 0.2) is 29.4 Å². The number of aromatic nitrogens is 1. The molecule has 0 bridgehead atoms. The van der Waals surface area contributed by atoms with Gasteiger partial charge in [-0.1, -0.05) is 13.3 Å². The van der Waals surface area contributed by atoms with Gasteiger partial charge in [-0.15, -0.1) is 11.8 Å². The third-order valence-corrected chi connectivity index (χ3v) is 5.54. The minimum atomic E-state index is 0.149. The first-order valence-corrected chi connectivity index (χ1v) is 8.77. The molecular weight excluding hydrogens is 276 g/mol. The molecule has 1 aliphatic rings. The summed E-state index contributed by atoms with van der Waals surface area (Å²) in [5.74, 6) is 1.77. The second kappa shape index (κ2) is 7.80. The fraction of sp³-hybridized carbons (Fsp3) is 0.571. The van der Waals surface area contributed by atoms with Gasteiger partial charge in [0.2, 0.25) is 5.91 Å². The van der Waals surface area contributed by atoms with Gasteiger partial charge in [0.05, 0.1) is 5.75 Å². The normalized spacial score (nSPS) is 22.4. The number of nitrogens with zero attached hydrogens (tertiary/aromatic N) is 1. The van der Waals surface area contributed by atoms with Crippen LogP contribution >= 0.6 is 23.5 Å². The first-order chi connectivity index (χ1) is 9.29. The molecule has 0 spiro atoms. The van der Waals surface area contributed by atoms with Crippen LogP contribution in [-0.4, -0.2) is 33.7 Å². The zero-order valence-electron chi connectivity index (χ0n) is 11.2. The summed E-state index contributed by atoms with van der Waals surface area (Å²) < 4.78 is 0. The Bertz CT molecular complexity index is 400. The zero-order chi connectivity index (χ0) is 13.5. The second-order valence-electron chi connectivity index (χ2n) is 4.57. The molecule has 1 fully saturated rings. The molecule has 0 aromatic carbocycles. The average Bonchev–Trinajstić information content (AvgIpc) is 2.85. The Hall–Kier alpha value is -0.680. The van der Waals surface area contributed by atoms with Crippen LogP contribution in [-0.2, 0) is 4.79 Å². The highest BCUT2D eigenvalue weighted by molar-refractivity contribution is 8.00. The fourth-order valence-electron chi connectivity index (χ4n) is 2.34. The van der Waals surface area contributed by atoms with Crippen molar-refractivity contribution in [2.75, 3.05) is 11.5 Å². The highest BCUT2D eigenvalue weighted by atomic mass is 32.2. The molecule has 0 aliphatic heterocycles. The van der Waals surface area contributed by atoms with E-state index in [1.807, 2.05) is 23.9 Å². The third-order valence-electron chi connectivity index (χ3n) is 3.20. The molecule has 3 nitrogen and oxygen atoms in total. The Morgan fingerprint density at radius 2 is 2.21 bits per heavy atom. The van der Waals surface area contributed by atoms with Gasteiger partial charge in [-0.05, 0) is 30.7 Å². The maximum Gasteiger partial charge on any atom is 0.230 e. The fourth-order valence-corrected chi connectivity index (χ4v) is 4.23. The quantitative estimate of drug-likeness (QED) is 0.820. The van der Waals surface area contributed by atoms with Gasteiger partial charge in [-0.25, -0.2) is 0 Å². The minimum absolute atomic E-state index is 0.149. The molecule has 104 valence electrons. The maximum atomic E-state index is 12.0. The van der Waals surface area contributed by atoms with Crippen LogP contribution < -0.4 is 5.32 Å². The van der Waals surface area contributed by atoms with Gasteiger partial charge in [0, 0.05) is 28.6 Å². The number of pyridine rings is 1. The van der Waals surface area contributed by atoms with Crippen molar-refractivity contribution in [2.45, 2.75) is 42.4 Å². The lowest BCUT2D eigenvalue weighted by Crippen LogP contribution is -2.39. The monoisotopic (exact) mass is 296 g/mol. The Labute approximate surface area is 123 Å². The molecule has 1 aromatic heterocycles. The number of thioether (sulfide) groups is 2. The van der Waals surface area contributed by atoms with Gasteiger partial charge in [0.25, 0.3) is 0 Å². The summed E-state index contributed by atoms with van der Waals surface area (Å²) in [6.45, 7) is 2.18. The lowest BCUT2D eigenvalue weighted by Gasteiger charge is -2.20. The van der Waals surface area contributed by atoms with Crippen LogP contribution in [0.3, 0.4) is 0 Å². The van der Waals surface area contributed by atoms with Crippen LogP contribution in [0.4, 0.5) is 0 Å². The van der Waals surface area contributed by atoms with Crippen molar-refractivity contribution in [1.29, 1.82) is 0 Å². The Morgan fingerprint density at radius 1 is 1.42 bits per heavy atom. The lowest BCUT2D eigenvalue weighted by atomic mass is 10.2. The number of nitrogens with one attached hydrogen (secondary N) is 1. The molecule has 0 unspecified atom stereocenters. The standard InChI is InChI=1S/C14H20N2OS2/c1-2-18-13-5-3-4-12(13)16-14(17)10-19-11-6-8-15-9-7-11/h6-9,12-13H,2-5,10H2,1H3,(H,16,17)/t12-,13-/m1/s1. The van der Waals surface area contributed by atoms with Gasteiger partial charge in [0.15, 0.2) is 0 Å². The maximum absolute atomic E-state index is 12.0. The van der Waals surface area contributed by atoms with Crippen LogP contribution in [0.1, 0.15) is 26.2 Å². The molecule has 5 heteroatoms. The van der Waals surface area contributed by atoms with E-state index in [-0.39, 0.29) is 5.91 Å². The SMILES string of the molecule is CCS[C@@H]1CCC[C@H]1NC(=O)CSc1ccncc1. The summed E-state index contributed by atoms with van der Waals surface area (Å²) in [7, 11) is 0. The molecule has 1 saturated carbocycles. The van der Waals surface area contributed by atoms with Crippen LogP contribution in [0.2, 0.25) is 0 Å². The van der Waals surface area contributed by atoms with E-state index in [0.29, 0.717) is 17.0 Å². The van der Waals surface area contributed by atoms with Crippen molar-refractivity contribution in [3.63, 3.8) is 0 Å². The number of hydrogen-bond acceptors (Lipinski definition) is 4. The summed E-state index contributed by atoms with van der Waals surface area (Å²) in [5.41, 5.74) is 0. The summed E-state index contributed by atoms with van der Waals surface area (Å²) in [5, 5.41) is 3.80. The lowest BCUT2D eigenvalue weighted by molar-refractivity contribution is -0.119. The summed E-state index contributed by atoms with van der Waals surface area (Å²) in [4.78, 5) is 17.0. The van der Waals surface area contributed by atoms with Crippen LogP contribution in [0, 0.1) is 0 Å². The largest absolute Gasteiger partial charge is 0.352 e. The predicted octanol–water partition coefficient (Wildman–Crippen LogP) is 2.96. The second-order valence-corrected chi connectivity index (χ2v) is 7.14.